The number of hydrogen-bond donors (Lipinski definition) is 2. The van der Waals surface area contributed by atoms with Crippen molar-refractivity contribution in [2.24, 2.45) is 0 Å². The first-order chi connectivity index (χ1) is 8.97. The van der Waals surface area contributed by atoms with Gasteiger partial charge in [0, 0.05) is 5.02 Å². The quantitative estimate of drug-likeness (QED) is 0.828. The molecule has 2 N–H and O–H groups in total. The fourth-order valence-corrected chi connectivity index (χ4v) is 1.64. The molecular formula is C13H8ClF2NO2. The van der Waals surface area contributed by atoms with Crippen molar-refractivity contribution in [3.63, 3.8) is 0 Å². The van der Waals surface area contributed by atoms with Gasteiger partial charge in [0.1, 0.15) is 17.4 Å². The van der Waals surface area contributed by atoms with Crippen molar-refractivity contribution in [1.29, 1.82) is 0 Å². The summed E-state index contributed by atoms with van der Waals surface area (Å²) < 4.78 is 26.4. The second-order valence-electron chi connectivity index (χ2n) is 3.74. The van der Waals surface area contributed by atoms with Crippen molar-refractivity contribution in [2.45, 2.75) is 0 Å². The Balaban J connectivity index is 2.30. The van der Waals surface area contributed by atoms with E-state index in [1.54, 1.807) is 0 Å². The predicted octanol–water partition coefficient (Wildman–Crippen LogP) is 3.58. The second kappa shape index (κ2) is 5.24. The molecule has 98 valence electrons. The van der Waals surface area contributed by atoms with Crippen LogP contribution < -0.4 is 5.32 Å². The van der Waals surface area contributed by atoms with Gasteiger partial charge in [0.15, 0.2) is 0 Å². The molecule has 0 aliphatic heterocycles. The normalized spacial score (nSPS) is 10.3. The number of hydrogen-bond acceptors (Lipinski definition) is 2. The Labute approximate surface area is 112 Å². The lowest BCUT2D eigenvalue weighted by atomic mass is 10.2. The summed E-state index contributed by atoms with van der Waals surface area (Å²) in [5.41, 5.74) is -0.444. The molecule has 0 aliphatic rings. The van der Waals surface area contributed by atoms with Gasteiger partial charge in [-0.3, -0.25) is 4.79 Å². The largest absolute Gasteiger partial charge is 0.506 e. The number of nitrogens with one attached hydrogen (secondary N) is 1. The van der Waals surface area contributed by atoms with Gasteiger partial charge in [0.25, 0.3) is 5.91 Å². The number of anilines is 1. The summed E-state index contributed by atoms with van der Waals surface area (Å²) in [4.78, 5) is 11.8. The third kappa shape index (κ3) is 3.00. The maximum absolute atomic E-state index is 13.4. The van der Waals surface area contributed by atoms with Gasteiger partial charge >= 0.3 is 0 Å². The van der Waals surface area contributed by atoms with Crippen LogP contribution in [0.2, 0.25) is 5.02 Å². The van der Waals surface area contributed by atoms with E-state index in [4.69, 9.17) is 11.6 Å². The first-order valence-corrected chi connectivity index (χ1v) is 5.60. The molecule has 0 saturated carbocycles. The second-order valence-corrected chi connectivity index (χ2v) is 4.18. The van der Waals surface area contributed by atoms with E-state index in [1.807, 2.05) is 0 Å². The van der Waals surface area contributed by atoms with E-state index in [1.165, 1.54) is 18.2 Å². The van der Waals surface area contributed by atoms with Crippen molar-refractivity contribution in [3.05, 3.63) is 58.6 Å². The van der Waals surface area contributed by atoms with Crippen molar-refractivity contribution in [2.75, 3.05) is 5.32 Å². The number of halogens is 3. The highest BCUT2D eigenvalue weighted by atomic mass is 35.5. The number of rotatable bonds is 2. The van der Waals surface area contributed by atoms with Crippen LogP contribution in [0, 0.1) is 11.6 Å². The van der Waals surface area contributed by atoms with Crippen molar-refractivity contribution in [1.82, 2.24) is 0 Å². The number of carbonyl (C=O) groups is 1. The zero-order valence-electron chi connectivity index (χ0n) is 9.45. The molecule has 0 aromatic heterocycles. The minimum atomic E-state index is -0.880. The highest BCUT2D eigenvalue weighted by molar-refractivity contribution is 6.31. The number of amides is 1. The maximum atomic E-state index is 13.4. The molecule has 2 rings (SSSR count). The van der Waals surface area contributed by atoms with Gasteiger partial charge in [-0.2, -0.15) is 0 Å². The standard InChI is InChI=1S/C13H8ClF2NO2/c14-7-1-4-12(18)11(5-7)17-13(19)9-6-8(15)2-3-10(9)16/h1-6,18H,(H,17,19). The van der Waals surface area contributed by atoms with Gasteiger partial charge in [-0.05, 0) is 36.4 Å². The highest BCUT2D eigenvalue weighted by Gasteiger charge is 2.14. The first kappa shape index (κ1) is 13.3. The summed E-state index contributed by atoms with van der Waals surface area (Å²) in [7, 11) is 0. The molecule has 1 amide bonds. The summed E-state index contributed by atoms with van der Waals surface area (Å²) in [6.45, 7) is 0. The average molecular weight is 284 g/mol. The molecule has 6 heteroatoms. The fraction of sp³-hybridized carbons (Fsp3) is 0. The van der Waals surface area contributed by atoms with E-state index in [-0.39, 0.29) is 16.5 Å². The number of benzene rings is 2. The lowest BCUT2D eigenvalue weighted by Crippen LogP contribution is -2.14. The SMILES string of the molecule is O=C(Nc1cc(Cl)ccc1O)c1cc(F)ccc1F. The molecule has 0 heterocycles. The predicted molar refractivity (Wildman–Crippen MR) is 67.4 cm³/mol. The van der Waals surface area contributed by atoms with Gasteiger partial charge < -0.3 is 10.4 Å². The van der Waals surface area contributed by atoms with Gasteiger partial charge in [-0.1, -0.05) is 11.6 Å². The minimum Gasteiger partial charge on any atom is -0.506 e. The maximum Gasteiger partial charge on any atom is 0.258 e. The Morgan fingerprint density at radius 3 is 2.63 bits per heavy atom. The Hall–Kier alpha value is -2.14. The van der Waals surface area contributed by atoms with E-state index >= 15 is 0 Å². The van der Waals surface area contributed by atoms with Crippen LogP contribution in [-0.2, 0) is 0 Å². The molecule has 0 saturated heterocycles. The van der Waals surface area contributed by atoms with E-state index in [0.29, 0.717) is 0 Å². The third-order valence-corrected chi connectivity index (χ3v) is 2.61. The van der Waals surface area contributed by atoms with Crippen molar-refractivity contribution in [3.8, 4) is 5.75 Å². The van der Waals surface area contributed by atoms with Crippen LogP contribution in [0.3, 0.4) is 0 Å². The summed E-state index contributed by atoms with van der Waals surface area (Å²) in [5, 5.41) is 12.1. The molecule has 3 nitrogen and oxygen atoms in total. The molecule has 0 atom stereocenters. The lowest BCUT2D eigenvalue weighted by molar-refractivity contribution is 0.102. The van der Waals surface area contributed by atoms with Crippen LogP contribution in [0.15, 0.2) is 36.4 Å². The smallest absolute Gasteiger partial charge is 0.258 e. The van der Waals surface area contributed by atoms with Crippen LogP contribution >= 0.6 is 11.6 Å². The molecule has 0 unspecified atom stereocenters. The Kier molecular flexibility index (Phi) is 3.66. The van der Waals surface area contributed by atoms with E-state index in [2.05, 4.69) is 5.32 Å². The van der Waals surface area contributed by atoms with E-state index in [0.717, 1.165) is 18.2 Å². The average Bonchev–Trinajstić information content (AvgIpc) is 2.36. The van der Waals surface area contributed by atoms with Gasteiger partial charge in [0.2, 0.25) is 0 Å². The van der Waals surface area contributed by atoms with Gasteiger partial charge in [-0.15, -0.1) is 0 Å². The lowest BCUT2D eigenvalue weighted by Gasteiger charge is -2.08. The summed E-state index contributed by atoms with van der Waals surface area (Å²) in [6, 6.07) is 6.53. The molecule has 0 aliphatic carbocycles. The molecule has 2 aromatic carbocycles. The Bertz CT molecular complexity index is 647. The van der Waals surface area contributed by atoms with Crippen LogP contribution in [0.1, 0.15) is 10.4 Å². The number of phenolic OH excluding ortho intramolecular Hbond substituents is 1. The number of carbonyl (C=O) groups excluding carboxylic acids is 1. The molecule has 0 bridgehead atoms. The summed E-state index contributed by atoms with van der Waals surface area (Å²) in [5.74, 6) is -2.70. The van der Waals surface area contributed by atoms with Crippen LogP contribution in [0.25, 0.3) is 0 Å². The number of aromatic hydroxyl groups is 1. The minimum absolute atomic E-state index is 0.0150. The van der Waals surface area contributed by atoms with E-state index in [9.17, 15) is 18.7 Å². The molecule has 0 fully saturated rings. The fourth-order valence-electron chi connectivity index (χ4n) is 1.47. The molecular weight excluding hydrogens is 276 g/mol. The summed E-state index contributed by atoms with van der Waals surface area (Å²) >= 11 is 5.71. The van der Waals surface area contributed by atoms with E-state index < -0.39 is 23.1 Å². The first-order valence-electron chi connectivity index (χ1n) is 5.22. The highest BCUT2D eigenvalue weighted by Crippen LogP contribution is 2.27. The molecule has 19 heavy (non-hydrogen) atoms. The van der Waals surface area contributed by atoms with Gasteiger partial charge in [0.05, 0.1) is 11.3 Å². The third-order valence-electron chi connectivity index (χ3n) is 2.38. The monoisotopic (exact) mass is 283 g/mol. The topological polar surface area (TPSA) is 49.3 Å². The molecule has 2 aromatic rings. The zero-order valence-corrected chi connectivity index (χ0v) is 10.2. The van der Waals surface area contributed by atoms with Crippen LogP contribution in [0.4, 0.5) is 14.5 Å². The Morgan fingerprint density at radius 2 is 1.89 bits per heavy atom. The number of phenols is 1. The zero-order chi connectivity index (χ0) is 14.0. The van der Waals surface area contributed by atoms with Crippen LogP contribution in [-0.4, -0.2) is 11.0 Å². The van der Waals surface area contributed by atoms with Crippen LogP contribution in [0.5, 0.6) is 5.75 Å². The molecule has 0 spiro atoms. The van der Waals surface area contributed by atoms with Crippen molar-refractivity contribution >= 4 is 23.2 Å². The summed E-state index contributed by atoms with van der Waals surface area (Å²) in [6.07, 6.45) is 0. The van der Waals surface area contributed by atoms with Gasteiger partial charge in [-0.25, -0.2) is 8.78 Å². The van der Waals surface area contributed by atoms with Crippen molar-refractivity contribution < 1.29 is 18.7 Å². The molecule has 0 radical (unpaired) electrons. The Morgan fingerprint density at radius 1 is 1.16 bits per heavy atom.